The minimum atomic E-state index is -1.28. The summed E-state index contributed by atoms with van der Waals surface area (Å²) in [4.78, 5) is 21.4. The summed E-state index contributed by atoms with van der Waals surface area (Å²) in [7, 11) is 0. The largest absolute Gasteiger partial charge is 0.481 e. The van der Waals surface area contributed by atoms with Gasteiger partial charge in [0.15, 0.2) is 0 Å². The van der Waals surface area contributed by atoms with E-state index in [1.807, 2.05) is 0 Å². The third-order valence-electron chi connectivity index (χ3n) is 3.34. The molecule has 2 aliphatic carbocycles. The van der Waals surface area contributed by atoms with Gasteiger partial charge in [-0.2, -0.15) is 0 Å². The number of aliphatic carboxylic acids is 2. The van der Waals surface area contributed by atoms with Crippen molar-refractivity contribution < 1.29 is 19.8 Å². The van der Waals surface area contributed by atoms with Crippen molar-refractivity contribution in [2.75, 3.05) is 0 Å². The van der Waals surface area contributed by atoms with E-state index in [9.17, 15) is 9.59 Å². The van der Waals surface area contributed by atoms with Gasteiger partial charge >= 0.3 is 11.9 Å². The zero-order chi connectivity index (χ0) is 9.80. The fourth-order valence-corrected chi connectivity index (χ4v) is 2.59. The van der Waals surface area contributed by atoms with Gasteiger partial charge in [0.25, 0.3) is 0 Å². The van der Waals surface area contributed by atoms with Crippen molar-refractivity contribution in [1.29, 1.82) is 0 Å². The molecule has 5 nitrogen and oxygen atoms in total. The number of rotatable bonds is 2. The first-order chi connectivity index (χ1) is 5.98. The molecule has 0 aromatic rings. The lowest BCUT2D eigenvalue weighted by Gasteiger charge is -2.20. The SMILES string of the molecule is N[C@]1(C(=O)O)CC[C@H]2[C@H](C(=O)O)[C@H]21. The highest BCUT2D eigenvalue weighted by Gasteiger charge is 2.69. The molecule has 0 spiro atoms. The van der Waals surface area contributed by atoms with Gasteiger partial charge in [-0.05, 0) is 18.8 Å². The van der Waals surface area contributed by atoms with Gasteiger partial charge < -0.3 is 15.9 Å². The van der Waals surface area contributed by atoms with Gasteiger partial charge in [-0.1, -0.05) is 0 Å². The van der Waals surface area contributed by atoms with E-state index in [-0.39, 0.29) is 11.8 Å². The molecule has 2 aliphatic rings. The average molecular weight is 185 g/mol. The standard InChI is InChI=1S/C8H11NO4/c9-8(7(12)13)2-1-3-4(5(3)8)6(10)11/h3-5H,1-2,9H2,(H,10,11)(H,12,13)/t3-,4-,5-,8+/m0/s1. The summed E-state index contributed by atoms with van der Waals surface area (Å²) in [5, 5.41) is 17.6. The van der Waals surface area contributed by atoms with E-state index >= 15 is 0 Å². The van der Waals surface area contributed by atoms with Gasteiger partial charge in [-0.3, -0.25) is 9.59 Å². The lowest BCUT2D eigenvalue weighted by Crippen LogP contribution is -2.49. The Balaban J connectivity index is 2.20. The number of hydrogen-bond acceptors (Lipinski definition) is 3. The van der Waals surface area contributed by atoms with Crippen LogP contribution in [-0.2, 0) is 9.59 Å². The van der Waals surface area contributed by atoms with E-state index in [2.05, 4.69) is 0 Å². The molecule has 0 aliphatic heterocycles. The van der Waals surface area contributed by atoms with Crippen LogP contribution in [0, 0.1) is 17.8 Å². The first-order valence-corrected chi connectivity index (χ1v) is 4.23. The van der Waals surface area contributed by atoms with Crippen molar-refractivity contribution >= 4 is 11.9 Å². The van der Waals surface area contributed by atoms with E-state index in [0.29, 0.717) is 12.8 Å². The summed E-state index contributed by atoms with van der Waals surface area (Å²) in [5.74, 6) is -2.84. The molecule has 0 bridgehead atoms. The first-order valence-electron chi connectivity index (χ1n) is 4.23. The van der Waals surface area contributed by atoms with Crippen LogP contribution in [0.3, 0.4) is 0 Å². The van der Waals surface area contributed by atoms with Gasteiger partial charge in [0.1, 0.15) is 5.54 Å². The molecule has 4 N–H and O–H groups in total. The summed E-state index contributed by atoms with van der Waals surface area (Å²) in [6, 6.07) is 0. The van der Waals surface area contributed by atoms with Crippen molar-refractivity contribution in [2.24, 2.45) is 23.5 Å². The van der Waals surface area contributed by atoms with E-state index in [0.717, 1.165) is 0 Å². The summed E-state index contributed by atoms with van der Waals surface area (Å²) in [5.41, 5.74) is 4.37. The van der Waals surface area contributed by atoms with Crippen LogP contribution >= 0.6 is 0 Å². The van der Waals surface area contributed by atoms with E-state index < -0.39 is 23.4 Å². The van der Waals surface area contributed by atoms with Crippen LogP contribution in [0.2, 0.25) is 0 Å². The molecule has 4 atom stereocenters. The molecule has 0 heterocycles. The number of fused-ring (bicyclic) bond motifs is 1. The maximum absolute atomic E-state index is 10.8. The number of carboxylic acids is 2. The van der Waals surface area contributed by atoms with Gasteiger partial charge in [-0.25, -0.2) is 0 Å². The number of hydrogen-bond donors (Lipinski definition) is 3. The molecule has 13 heavy (non-hydrogen) atoms. The van der Waals surface area contributed by atoms with Crippen LogP contribution in [-0.4, -0.2) is 27.7 Å². The molecule has 0 aromatic heterocycles. The topological polar surface area (TPSA) is 101 Å². The molecule has 0 unspecified atom stereocenters. The van der Waals surface area contributed by atoms with Crippen LogP contribution < -0.4 is 5.73 Å². The lowest BCUT2D eigenvalue weighted by atomic mass is 9.92. The van der Waals surface area contributed by atoms with Crippen LogP contribution in [0.25, 0.3) is 0 Å². The number of nitrogens with two attached hydrogens (primary N) is 1. The third kappa shape index (κ3) is 0.904. The zero-order valence-electron chi connectivity index (χ0n) is 6.93. The fraction of sp³-hybridized carbons (Fsp3) is 0.750. The number of carboxylic acid groups (broad SMARTS) is 2. The Bertz CT molecular complexity index is 290. The Morgan fingerprint density at radius 3 is 2.38 bits per heavy atom. The van der Waals surface area contributed by atoms with Crippen LogP contribution in [0.1, 0.15) is 12.8 Å². The maximum Gasteiger partial charge on any atom is 0.324 e. The number of carbonyl (C=O) groups is 2. The summed E-state index contributed by atoms with van der Waals surface area (Å²) in [6.07, 6.45) is 1.03. The lowest BCUT2D eigenvalue weighted by molar-refractivity contribution is -0.145. The smallest absolute Gasteiger partial charge is 0.324 e. The normalized spacial score (nSPS) is 47.0. The molecule has 2 saturated carbocycles. The van der Waals surface area contributed by atoms with Crippen LogP contribution in [0.4, 0.5) is 0 Å². The third-order valence-corrected chi connectivity index (χ3v) is 3.34. The first kappa shape index (κ1) is 8.50. The highest BCUT2D eigenvalue weighted by atomic mass is 16.4. The van der Waals surface area contributed by atoms with Crippen molar-refractivity contribution in [3.63, 3.8) is 0 Å². The van der Waals surface area contributed by atoms with E-state index in [1.165, 1.54) is 0 Å². The highest BCUT2D eigenvalue weighted by molar-refractivity contribution is 5.85. The maximum atomic E-state index is 10.8. The second kappa shape index (κ2) is 2.23. The molecule has 2 rings (SSSR count). The molecule has 2 fully saturated rings. The van der Waals surface area contributed by atoms with Crippen molar-refractivity contribution in [3.05, 3.63) is 0 Å². The molecular weight excluding hydrogens is 174 g/mol. The second-order valence-electron chi connectivity index (χ2n) is 3.94. The summed E-state index contributed by atoms with van der Waals surface area (Å²) in [6.45, 7) is 0. The van der Waals surface area contributed by atoms with Crippen molar-refractivity contribution in [3.8, 4) is 0 Å². The predicted molar refractivity (Wildman–Crippen MR) is 41.9 cm³/mol. The molecular formula is C8H11NO4. The molecule has 0 amide bonds. The van der Waals surface area contributed by atoms with E-state index in [4.69, 9.17) is 15.9 Å². The Morgan fingerprint density at radius 2 is 2.00 bits per heavy atom. The Kier molecular flexibility index (Phi) is 1.46. The average Bonchev–Trinajstić information content (AvgIpc) is 2.66. The Morgan fingerprint density at radius 1 is 1.38 bits per heavy atom. The Hall–Kier alpha value is -1.10. The molecule has 0 saturated heterocycles. The molecule has 0 aromatic carbocycles. The second-order valence-corrected chi connectivity index (χ2v) is 3.94. The van der Waals surface area contributed by atoms with Crippen LogP contribution in [0.5, 0.6) is 0 Å². The Labute approximate surface area is 74.5 Å². The van der Waals surface area contributed by atoms with E-state index in [1.54, 1.807) is 0 Å². The summed E-state index contributed by atoms with van der Waals surface area (Å²) < 4.78 is 0. The van der Waals surface area contributed by atoms with Gasteiger partial charge in [0.05, 0.1) is 5.92 Å². The summed E-state index contributed by atoms with van der Waals surface area (Å²) >= 11 is 0. The molecule has 5 heteroatoms. The zero-order valence-corrected chi connectivity index (χ0v) is 6.93. The van der Waals surface area contributed by atoms with Crippen molar-refractivity contribution in [1.82, 2.24) is 0 Å². The highest BCUT2D eigenvalue weighted by Crippen LogP contribution is 2.61. The fourth-order valence-electron chi connectivity index (χ4n) is 2.59. The minimum absolute atomic E-state index is 0.00130. The van der Waals surface area contributed by atoms with Crippen molar-refractivity contribution in [2.45, 2.75) is 18.4 Å². The molecule has 0 radical (unpaired) electrons. The van der Waals surface area contributed by atoms with Gasteiger partial charge in [-0.15, -0.1) is 0 Å². The van der Waals surface area contributed by atoms with Crippen LogP contribution in [0.15, 0.2) is 0 Å². The minimum Gasteiger partial charge on any atom is -0.481 e. The predicted octanol–water partition coefficient (Wildman–Crippen LogP) is -0.491. The van der Waals surface area contributed by atoms with Gasteiger partial charge in [0, 0.05) is 5.92 Å². The van der Waals surface area contributed by atoms with Gasteiger partial charge in [0.2, 0.25) is 0 Å². The monoisotopic (exact) mass is 185 g/mol. The molecule has 72 valence electrons. The quantitative estimate of drug-likeness (QED) is 0.539.